The molecule has 1 aromatic heterocycles. The van der Waals surface area contributed by atoms with Crippen molar-refractivity contribution in [2.45, 2.75) is 36.6 Å². The first kappa shape index (κ1) is 12.6. The minimum atomic E-state index is -3.40. The molecule has 0 bridgehead atoms. The van der Waals surface area contributed by atoms with E-state index in [1.165, 1.54) is 11.3 Å². The topological polar surface area (TPSA) is 66.4 Å². The van der Waals surface area contributed by atoms with Gasteiger partial charge >= 0.3 is 0 Å². The van der Waals surface area contributed by atoms with Crippen LogP contribution in [-0.4, -0.2) is 25.7 Å². The molecule has 4 nitrogen and oxygen atoms in total. The van der Waals surface area contributed by atoms with Gasteiger partial charge < -0.3 is 5.11 Å². The fourth-order valence-corrected chi connectivity index (χ4v) is 3.57. The van der Waals surface area contributed by atoms with Gasteiger partial charge in [0.05, 0.1) is 6.10 Å². The summed E-state index contributed by atoms with van der Waals surface area (Å²) in [6.07, 6.45) is -0.101. The van der Waals surface area contributed by atoms with Gasteiger partial charge in [-0.2, -0.15) is 0 Å². The Balaban J connectivity index is 2.66. The molecule has 2 N–H and O–H groups in total. The first-order valence-corrected chi connectivity index (χ1v) is 7.02. The van der Waals surface area contributed by atoms with Crippen molar-refractivity contribution in [1.82, 2.24) is 4.72 Å². The number of nitrogens with one attached hydrogen (secondary N) is 1. The molecule has 0 fully saturated rings. The Morgan fingerprint density at radius 1 is 1.53 bits per heavy atom. The number of rotatable bonds is 5. The summed E-state index contributed by atoms with van der Waals surface area (Å²) in [5.41, 5.74) is 0. The van der Waals surface area contributed by atoms with Crippen LogP contribution in [0, 0.1) is 0 Å². The smallest absolute Gasteiger partial charge is 0.250 e. The molecule has 0 radical (unpaired) electrons. The summed E-state index contributed by atoms with van der Waals surface area (Å²) in [7, 11) is -3.40. The van der Waals surface area contributed by atoms with Crippen molar-refractivity contribution >= 4 is 21.4 Å². The average molecular weight is 249 g/mol. The third-order valence-corrected chi connectivity index (χ3v) is 4.80. The van der Waals surface area contributed by atoms with Crippen LogP contribution in [0.15, 0.2) is 21.7 Å². The van der Waals surface area contributed by atoms with Gasteiger partial charge in [0, 0.05) is 6.04 Å². The van der Waals surface area contributed by atoms with Crippen molar-refractivity contribution in [2.75, 3.05) is 0 Å². The summed E-state index contributed by atoms with van der Waals surface area (Å²) in [5, 5.41) is 10.8. The van der Waals surface area contributed by atoms with E-state index in [4.69, 9.17) is 5.11 Å². The van der Waals surface area contributed by atoms with E-state index < -0.39 is 16.1 Å². The van der Waals surface area contributed by atoms with Crippen molar-refractivity contribution in [3.8, 4) is 0 Å². The van der Waals surface area contributed by atoms with Gasteiger partial charge in [-0.05, 0) is 31.7 Å². The largest absolute Gasteiger partial charge is 0.393 e. The second-order valence-corrected chi connectivity index (χ2v) is 6.43. The highest BCUT2D eigenvalue weighted by Gasteiger charge is 2.18. The second-order valence-electron chi connectivity index (χ2n) is 3.54. The lowest BCUT2D eigenvalue weighted by atomic mass is 10.2. The molecule has 0 saturated carbocycles. The fourth-order valence-electron chi connectivity index (χ4n) is 1.30. The van der Waals surface area contributed by atoms with E-state index in [-0.39, 0.29) is 6.04 Å². The van der Waals surface area contributed by atoms with Crippen LogP contribution >= 0.6 is 11.3 Å². The number of hydrogen-bond donors (Lipinski definition) is 2. The molecular formula is C9H15NO3S2. The van der Waals surface area contributed by atoms with E-state index in [0.29, 0.717) is 10.6 Å². The predicted octanol–water partition coefficient (Wildman–Crippen LogP) is 1.19. The van der Waals surface area contributed by atoms with Gasteiger partial charge in [-0.25, -0.2) is 13.1 Å². The molecule has 0 spiro atoms. The van der Waals surface area contributed by atoms with E-state index in [1.54, 1.807) is 31.4 Å². The van der Waals surface area contributed by atoms with E-state index in [1.807, 2.05) is 0 Å². The fraction of sp³-hybridized carbons (Fsp3) is 0.556. The van der Waals surface area contributed by atoms with Crippen LogP contribution in [-0.2, 0) is 10.0 Å². The van der Waals surface area contributed by atoms with Crippen LogP contribution < -0.4 is 4.72 Å². The molecule has 1 rings (SSSR count). The second kappa shape index (κ2) is 5.07. The molecule has 15 heavy (non-hydrogen) atoms. The van der Waals surface area contributed by atoms with Gasteiger partial charge in [0.25, 0.3) is 0 Å². The van der Waals surface area contributed by atoms with Gasteiger partial charge in [0.1, 0.15) is 4.21 Å². The number of hydrogen-bond acceptors (Lipinski definition) is 4. The van der Waals surface area contributed by atoms with Crippen LogP contribution in [0.1, 0.15) is 20.3 Å². The van der Waals surface area contributed by atoms with Gasteiger partial charge in [-0.3, -0.25) is 0 Å². The Morgan fingerprint density at radius 2 is 2.20 bits per heavy atom. The molecule has 0 amide bonds. The molecule has 2 atom stereocenters. The van der Waals surface area contributed by atoms with Gasteiger partial charge in [0.2, 0.25) is 10.0 Å². The molecule has 0 aliphatic heterocycles. The lowest BCUT2D eigenvalue weighted by molar-refractivity contribution is 0.175. The van der Waals surface area contributed by atoms with Crippen LogP contribution in [0.5, 0.6) is 0 Å². The van der Waals surface area contributed by atoms with Crippen molar-refractivity contribution < 1.29 is 13.5 Å². The highest BCUT2D eigenvalue weighted by molar-refractivity contribution is 7.91. The SMILES string of the molecule is CC(O)CC(C)NS(=O)(=O)c1cccs1. The normalized spacial score (nSPS) is 16.2. The van der Waals surface area contributed by atoms with Crippen LogP contribution in [0.4, 0.5) is 0 Å². The Labute approximate surface area is 94.0 Å². The average Bonchev–Trinajstić information content (AvgIpc) is 2.51. The Kier molecular flexibility index (Phi) is 4.27. The summed E-state index contributed by atoms with van der Waals surface area (Å²) in [6, 6.07) is 2.98. The van der Waals surface area contributed by atoms with Crippen LogP contribution in [0.25, 0.3) is 0 Å². The quantitative estimate of drug-likeness (QED) is 0.823. The molecule has 0 aromatic carbocycles. The highest BCUT2D eigenvalue weighted by Crippen LogP contribution is 2.16. The Bertz CT molecular complexity index is 383. The zero-order valence-corrected chi connectivity index (χ0v) is 10.3. The minimum Gasteiger partial charge on any atom is -0.393 e. The monoisotopic (exact) mass is 249 g/mol. The van der Waals surface area contributed by atoms with Gasteiger partial charge in [-0.1, -0.05) is 6.07 Å². The zero-order chi connectivity index (χ0) is 11.5. The Morgan fingerprint density at radius 3 is 2.67 bits per heavy atom. The first-order valence-electron chi connectivity index (χ1n) is 4.65. The van der Waals surface area contributed by atoms with E-state index >= 15 is 0 Å². The van der Waals surface area contributed by atoms with Gasteiger partial charge in [0.15, 0.2) is 0 Å². The Hall–Kier alpha value is -0.430. The van der Waals surface area contributed by atoms with Crippen molar-refractivity contribution in [3.05, 3.63) is 17.5 Å². The van der Waals surface area contributed by atoms with Crippen LogP contribution in [0.3, 0.4) is 0 Å². The summed E-state index contributed by atoms with van der Waals surface area (Å²) in [6.45, 7) is 3.37. The molecule has 6 heteroatoms. The molecule has 0 aliphatic carbocycles. The molecule has 86 valence electrons. The summed E-state index contributed by atoms with van der Waals surface area (Å²) < 4.78 is 26.2. The van der Waals surface area contributed by atoms with Crippen molar-refractivity contribution in [3.63, 3.8) is 0 Å². The van der Waals surface area contributed by atoms with Crippen LogP contribution in [0.2, 0.25) is 0 Å². The maximum absolute atomic E-state index is 11.7. The molecule has 0 aliphatic rings. The molecule has 2 unspecified atom stereocenters. The molecule has 1 heterocycles. The lowest BCUT2D eigenvalue weighted by Crippen LogP contribution is -2.34. The molecular weight excluding hydrogens is 234 g/mol. The summed E-state index contributed by atoms with van der Waals surface area (Å²) >= 11 is 1.18. The van der Waals surface area contributed by atoms with Crippen molar-refractivity contribution in [1.29, 1.82) is 0 Å². The lowest BCUT2D eigenvalue weighted by Gasteiger charge is -2.14. The van der Waals surface area contributed by atoms with Gasteiger partial charge in [-0.15, -0.1) is 11.3 Å². The maximum atomic E-state index is 11.7. The predicted molar refractivity (Wildman–Crippen MR) is 60.4 cm³/mol. The van der Waals surface area contributed by atoms with E-state index in [9.17, 15) is 8.42 Å². The number of thiophene rings is 1. The number of aliphatic hydroxyl groups excluding tert-OH is 1. The zero-order valence-electron chi connectivity index (χ0n) is 8.67. The summed E-state index contributed by atoms with van der Waals surface area (Å²) in [4.78, 5) is 0. The third-order valence-electron chi connectivity index (χ3n) is 1.81. The standard InChI is InChI=1S/C9H15NO3S2/c1-7(6-8(2)11)10-15(12,13)9-4-3-5-14-9/h3-5,7-8,10-11H,6H2,1-2H3. The maximum Gasteiger partial charge on any atom is 0.250 e. The summed E-state index contributed by atoms with van der Waals surface area (Å²) in [5.74, 6) is 0. The number of sulfonamides is 1. The third kappa shape index (κ3) is 3.90. The number of aliphatic hydroxyl groups is 1. The van der Waals surface area contributed by atoms with Crippen molar-refractivity contribution in [2.24, 2.45) is 0 Å². The van der Waals surface area contributed by atoms with E-state index in [0.717, 1.165) is 0 Å². The minimum absolute atomic E-state index is 0.267. The van der Waals surface area contributed by atoms with E-state index in [2.05, 4.69) is 4.72 Å². The highest BCUT2D eigenvalue weighted by atomic mass is 32.2. The first-order chi connectivity index (χ1) is 6.92. The molecule has 1 aromatic rings. The molecule has 0 saturated heterocycles.